The molecule has 2 heteroatoms. The fourth-order valence-corrected chi connectivity index (χ4v) is 3.12. The Bertz CT molecular complexity index is 317. The summed E-state index contributed by atoms with van der Waals surface area (Å²) >= 11 is 0. The molecule has 2 nitrogen and oxygen atoms in total. The Morgan fingerprint density at radius 2 is 2.06 bits per heavy atom. The van der Waals surface area contributed by atoms with Crippen LogP contribution in [0.2, 0.25) is 0 Å². The maximum Gasteiger partial charge on any atom is 0.0449 e. The van der Waals surface area contributed by atoms with Gasteiger partial charge in [-0.25, -0.2) is 0 Å². The van der Waals surface area contributed by atoms with Crippen LogP contribution in [0.25, 0.3) is 0 Å². The van der Waals surface area contributed by atoms with E-state index in [0.29, 0.717) is 11.8 Å². The van der Waals surface area contributed by atoms with Gasteiger partial charge in [0.05, 0.1) is 0 Å². The Balaban J connectivity index is 2.07. The highest BCUT2D eigenvalue weighted by atomic mass is 14.7. The van der Waals surface area contributed by atoms with Crippen molar-refractivity contribution in [2.24, 2.45) is 11.7 Å². The normalized spacial score (nSPS) is 21.1. The second-order valence-corrected chi connectivity index (χ2v) is 5.24. The van der Waals surface area contributed by atoms with E-state index in [1.54, 1.807) is 0 Å². The summed E-state index contributed by atoms with van der Waals surface area (Å²) in [4.78, 5) is 4.49. The Morgan fingerprint density at radius 3 is 2.65 bits per heavy atom. The quantitative estimate of drug-likeness (QED) is 0.863. The van der Waals surface area contributed by atoms with Gasteiger partial charge in [0.15, 0.2) is 0 Å². The van der Waals surface area contributed by atoms with Crippen LogP contribution in [0.5, 0.6) is 0 Å². The molecule has 1 heterocycles. The molecule has 0 amide bonds. The second-order valence-electron chi connectivity index (χ2n) is 5.24. The standard InChI is InChI=1S/C15H24N2/c1-2-13(14-10-6-7-11-17-14)15(16)12-8-4-3-5-9-12/h6-7,10-13,15H,2-5,8-9,16H2,1H3. The van der Waals surface area contributed by atoms with E-state index < -0.39 is 0 Å². The third-order valence-electron chi connectivity index (χ3n) is 4.17. The highest BCUT2D eigenvalue weighted by molar-refractivity contribution is 5.12. The molecular weight excluding hydrogens is 208 g/mol. The van der Waals surface area contributed by atoms with E-state index in [-0.39, 0.29) is 6.04 Å². The molecule has 2 atom stereocenters. The first-order valence-electron chi connectivity index (χ1n) is 6.99. The Kier molecular flexibility index (Phi) is 4.55. The summed E-state index contributed by atoms with van der Waals surface area (Å²) in [6.45, 7) is 2.22. The summed E-state index contributed by atoms with van der Waals surface area (Å²) in [5.74, 6) is 1.13. The summed E-state index contributed by atoms with van der Waals surface area (Å²) in [7, 11) is 0. The molecule has 0 radical (unpaired) electrons. The van der Waals surface area contributed by atoms with Gasteiger partial charge in [-0.1, -0.05) is 32.3 Å². The van der Waals surface area contributed by atoms with Crippen LogP contribution in [0.1, 0.15) is 57.1 Å². The number of hydrogen-bond donors (Lipinski definition) is 1. The fourth-order valence-electron chi connectivity index (χ4n) is 3.12. The van der Waals surface area contributed by atoms with E-state index in [1.165, 1.54) is 37.8 Å². The van der Waals surface area contributed by atoms with Gasteiger partial charge in [0, 0.05) is 23.9 Å². The van der Waals surface area contributed by atoms with Gasteiger partial charge in [0.1, 0.15) is 0 Å². The lowest BCUT2D eigenvalue weighted by molar-refractivity contribution is 0.272. The highest BCUT2D eigenvalue weighted by Crippen LogP contribution is 2.33. The molecule has 0 aromatic carbocycles. The topological polar surface area (TPSA) is 38.9 Å². The molecule has 0 aliphatic heterocycles. The third-order valence-corrected chi connectivity index (χ3v) is 4.17. The summed E-state index contributed by atoms with van der Waals surface area (Å²) < 4.78 is 0. The highest BCUT2D eigenvalue weighted by Gasteiger charge is 2.28. The van der Waals surface area contributed by atoms with Crippen molar-refractivity contribution in [1.82, 2.24) is 4.98 Å². The molecule has 2 N–H and O–H groups in total. The third kappa shape index (κ3) is 3.06. The molecule has 0 saturated heterocycles. The van der Waals surface area contributed by atoms with Crippen molar-refractivity contribution in [2.45, 2.75) is 57.4 Å². The number of aromatic nitrogens is 1. The number of nitrogens with two attached hydrogens (primary N) is 1. The van der Waals surface area contributed by atoms with Crippen molar-refractivity contribution in [3.63, 3.8) is 0 Å². The van der Waals surface area contributed by atoms with Crippen LogP contribution in [0.15, 0.2) is 24.4 Å². The molecule has 1 aromatic rings. The van der Waals surface area contributed by atoms with Crippen molar-refractivity contribution in [3.8, 4) is 0 Å². The zero-order valence-electron chi connectivity index (χ0n) is 10.8. The van der Waals surface area contributed by atoms with Gasteiger partial charge in [-0.2, -0.15) is 0 Å². The number of hydrogen-bond acceptors (Lipinski definition) is 2. The number of pyridine rings is 1. The van der Waals surface area contributed by atoms with Crippen molar-refractivity contribution >= 4 is 0 Å². The van der Waals surface area contributed by atoms with E-state index in [0.717, 1.165) is 6.42 Å². The largest absolute Gasteiger partial charge is 0.327 e. The van der Waals surface area contributed by atoms with E-state index in [9.17, 15) is 0 Å². The van der Waals surface area contributed by atoms with Gasteiger partial charge in [-0.3, -0.25) is 4.98 Å². The van der Waals surface area contributed by atoms with E-state index in [4.69, 9.17) is 5.73 Å². The van der Waals surface area contributed by atoms with Crippen molar-refractivity contribution in [3.05, 3.63) is 30.1 Å². The van der Waals surface area contributed by atoms with Gasteiger partial charge < -0.3 is 5.73 Å². The second kappa shape index (κ2) is 6.15. The minimum Gasteiger partial charge on any atom is -0.327 e. The van der Waals surface area contributed by atoms with Crippen LogP contribution in [-0.4, -0.2) is 11.0 Å². The maximum atomic E-state index is 6.50. The SMILES string of the molecule is CCC(c1ccccn1)C(N)C1CCCCC1. The van der Waals surface area contributed by atoms with E-state index >= 15 is 0 Å². The minimum atomic E-state index is 0.287. The fraction of sp³-hybridized carbons (Fsp3) is 0.667. The average molecular weight is 232 g/mol. The summed E-state index contributed by atoms with van der Waals surface area (Å²) in [5, 5.41) is 0. The summed E-state index contributed by atoms with van der Waals surface area (Å²) in [6.07, 6.45) is 9.70. The predicted octanol–water partition coefficient (Wildman–Crippen LogP) is 3.48. The monoisotopic (exact) mass is 232 g/mol. The summed E-state index contributed by atoms with van der Waals surface area (Å²) in [6, 6.07) is 6.45. The Labute approximate surface area is 105 Å². The van der Waals surface area contributed by atoms with Crippen molar-refractivity contribution in [2.75, 3.05) is 0 Å². The molecule has 2 rings (SSSR count). The van der Waals surface area contributed by atoms with Gasteiger partial charge in [0.2, 0.25) is 0 Å². The lowest BCUT2D eigenvalue weighted by Crippen LogP contribution is -2.37. The first-order valence-corrected chi connectivity index (χ1v) is 6.99. The minimum absolute atomic E-state index is 0.287. The molecule has 94 valence electrons. The van der Waals surface area contributed by atoms with Crippen LogP contribution in [0.3, 0.4) is 0 Å². The Hall–Kier alpha value is -0.890. The first-order chi connectivity index (χ1) is 8.33. The van der Waals surface area contributed by atoms with E-state index in [1.807, 2.05) is 12.3 Å². The van der Waals surface area contributed by atoms with Gasteiger partial charge in [-0.05, 0) is 37.3 Å². The molecule has 0 bridgehead atoms. The molecule has 1 aliphatic carbocycles. The zero-order chi connectivity index (χ0) is 12.1. The molecule has 1 saturated carbocycles. The van der Waals surface area contributed by atoms with Gasteiger partial charge in [-0.15, -0.1) is 0 Å². The van der Waals surface area contributed by atoms with Gasteiger partial charge >= 0.3 is 0 Å². The van der Waals surface area contributed by atoms with Gasteiger partial charge in [0.25, 0.3) is 0 Å². The molecule has 0 spiro atoms. The van der Waals surface area contributed by atoms with Crippen LogP contribution >= 0.6 is 0 Å². The number of nitrogens with zero attached hydrogens (tertiary/aromatic N) is 1. The maximum absolute atomic E-state index is 6.50. The van der Waals surface area contributed by atoms with E-state index in [2.05, 4.69) is 24.0 Å². The first kappa shape index (κ1) is 12.6. The van der Waals surface area contributed by atoms with Crippen LogP contribution in [-0.2, 0) is 0 Å². The molecule has 17 heavy (non-hydrogen) atoms. The van der Waals surface area contributed by atoms with Crippen LogP contribution < -0.4 is 5.73 Å². The zero-order valence-corrected chi connectivity index (χ0v) is 10.8. The average Bonchev–Trinajstić information content (AvgIpc) is 2.42. The van der Waals surface area contributed by atoms with Crippen LogP contribution in [0, 0.1) is 5.92 Å². The van der Waals surface area contributed by atoms with Crippen LogP contribution in [0.4, 0.5) is 0 Å². The van der Waals surface area contributed by atoms with Crippen molar-refractivity contribution < 1.29 is 0 Å². The lowest BCUT2D eigenvalue weighted by atomic mass is 9.77. The Morgan fingerprint density at radius 1 is 1.29 bits per heavy atom. The molecule has 1 aliphatic rings. The van der Waals surface area contributed by atoms with Crippen molar-refractivity contribution in [1.29, 1.82) is 0 Å². The predicted molar refractivity (Wildman–Crippen MR) is 71.8 cm³/mol. The molecule has 1 fully saturated rings. The number of rotatable bonds is 4. The molecule has 2 unspecified atom stereocenters. The molecule has 1 aromatic heterocycles. The smallest absolute Gasteiger partial charge is 0.0449 e. The molecular formula is C15H24N2. The summed E-state index contributed by atoms with van der Waals surface area (Å²) in [5.41, 5.74) is 7.67. The lowest BCUT2D eigenvalue weighted by Gasteiger charge is -2.32.